The van der Waals surface area contributed by atoms with E-state index in [1.165, 1.54) is 4.90 Å². The maximum atomic E-state index is 12.6. The van der Waals surface area contributed by atoms with Crippen LogP contribution in [-0.2, 0) is 9.53 Å². The van der Waals surface area contributed by atoms with E-state index in [0.717, 1.165) is 5.06 Å². The summed E-state index contributed by atoms with van der Waals surface area (Å²) in [6.45, 7) is 6.95. The highest BCUT2D eigenvalue weighted by Gasteiger charge is 2.47. The first kappa shape index (κ1) is 18.8. The number of rotatable bonds is 2. The molecule has 9 nitrogen and oxygen atoms in total. The number of hydroxylamine groups is 2. The molecule has 3 aliphatic rings. The number of piperidine rings is 2. The average molecular weight is 368 g/mol. The van der Waals surface area contributed by atoms with Gasteiger partial charge in [-0.15, -0.1) is 0 Å². The van der Waals surface area contributed by atoms with E-state index in [-0.39, 0.29) is 24.1 Å². The first-order valence-electron chi connectivity index (χ1n) is 9.23. The summed E-state index contributed by atoms with van der Waals surface area (Å²) in [5.74, 6) is -0.178. The highest BCUT2D eigenvalue weighted by Crippen LogP contribution is 2.28. The molecule has 2 unspecified atom stereocenters. The molecule has 146 valence electrons. The molecule has 2 atom stereocenters. The van der Waals surface area contributed by atoms with Crippen LogP contribution in [0.4, 0.5) is 9.59 Å². The first-order valence-corrected chi connectivity index (χ1v) is 9.23. The normalized spacial score (nSPS) is 26.9. The topological polar surface area (TPSA) is 102 Å². The second kappa shape index (κ2) is 6.94. The summed E-state index contributed by atoms with van der Waals surface area (Å²) in [4.78, 5) is 39.8. The molecule has 0 radical (unpaired) electrons. The van der Waals surface area contributed by atoms with E-state index in [4.69, 9.17) is 4.74 Å². The molecule has 3 rings (SSSR count). The number of nitrogens with zero attached hydrogens (tertiary/aromatic N) is 3. The molecular weight excluding hydrogens is 340 g/mol. The molecule has 3 heterocycles. The Balaban J connectivity index is 1.48. The van der Waals surface area contributed by atoms with Crippen LogP contribution in [-0.4, -0.2) is 81.5 Å². The van der Waals surface area contributed by atoms with Crippen molar-refractivity contribution in [1.82, 2.24) is 20.2 Å². The van der Waals surface area contributed by atoms with Crippen LogP contribution in [0.25, 0.3) is 0 Å². The molecule has 3 fully saturated rings. The average Bonchev–Trinajstić information content (AvgIpc) is 2.78. The van der Waals surface area contributed by atoms with Crippen LogP contribution in [0, 0.1) is 0 Å². The van der Waals surface area contributed by atoms with Crippen molar-refractivity contribution < 1.29 is 24.3 Å². The van der Waals surface area contributed by atoms with Crippen molar-refractivity contribution in [2.45, 2.75) is 70.2 Å². The number of nitrogens with one attached hydrogen (secondary N) is 1. The standard InChI is InChI=1S/C17H28N4O5/c1-17(2,3)26-16(24)19-8-6-11(7-9-19)18-14(22)13-5-4-12-10-20(13)15(23)21(12)25/h11-13,25H,4-10H2,1-3H3,(H,18,22). The Hall–Kier alpha value is -2.03. The van der Waals surface area contributed by atoms with E-state index in [2.05, 4.69) is 5.32 Å². The van der Waals surface area contributed by atoms with Gasteiger partial charge in [0.05, 0.1) is 6.04 Å². The van der Waals surface area contributed by atoms with Gasteiger partial charge in [0.2, 0.25) is 5.91 Å². The van der Waals surface area contributed by atoms with Crippen LogP contribution in [0.15, 0.2) is 0 Å². The molecule has 0 aromatic rings. The molecule has 0 aliphatic carbocycles. The van der Waals surface area contributed by atoms with Crippen molar-refractivity contribution in [3.05, 3.63) is 0 Å². The summed E-state index contributed by atoms with van der Waals surface area (Å²) in [6.07, 6.45) is 2.15. The predicted molar refractivity (Wildman–Crippen MR) is 91.5 cm³/mol. The van der Waals surface area contributed by atoms with Gasteiger partial charge < -0.3 is 19.9 Å². The molecule has 4 amide bonds. The van der Waals surface area contributed by atoms with Gasteiger partial charge in [-0.25, -0.2) is 14.7 Å². The summed E-state index contributed by atoms with van der Waals surface area (Å²) < 4.78 is 5.37. The Labute approximate surface area is 153 Å². The number of hydrogen-bond acceptors (Lipinski definition) is 5. The molecule has 9 heteroatoms. The first-order chi connectivity index (χ1) is 12.2. The maximum Gasteiger partial charge on any atom is 0.410 e. The smallest absolute Gasteiger partial charge is 0.410 e. The van der Waals surface area contributed by atoms with E-state index in [1.807, 2.05) is 20.8 Å². The van der Waals surface area contributed by atoms with Gasteiger partial charge >= 0.3 is 12.1 Å². The number of carbonyl (C=O) groups is 3. The lowest BCUT2D eigenvalue weighted by atomic mass is 9.99. The molecule has 3 saturated heterocycles. The summed E-state index contributed by atoms with van der Waals surface area (Å²) in [7, 11) is 0. The zero-order valence-corrected chi connectivity index (χ0v) is 15.6. The lowest BCUT2D eigenvalue weighted by Gasteiger charge is -2.35. The third-order valence-corrected chi connectivity index (χ3v) is 5.14. The SMILES string of the molecule is CC(C)(C)OC(=O)N1CCC(NC(=O)C2CCC3CN2C(=O)N3O)CC1. The molecule has 2 N–H and O–H groups in total. The van der Waals surface area contributed by atoms with Crippen LogP contribution in [0.1, 0.15) is 46.5 Å². The van der Waals surface area contributed by atoms with E-state index in [0.29, 0.717) is 45.3 Å². The lowest BCUT2D eigenvalue weighted by molar-refractivity contribution is -0.127. The van der Waals surface area contributed by atoms with E-state index in [9.17, 15) is 19.6 Å². The number of carbonyl (C=O) groups excluding carboxylic acids is 3. The summed E-state index contributed by atoms with van der Waals surface area (Å²) in [6, 6.07) is -1.25. The van der Waals surface area contributed by atoms with Crippen LogP contribution in [0.3, 0.4) is 0 Å². The zero-order valence-electron chi connectivity index (χ0n) is 15.6. The van der Waals surface area contributed by atoms with Crippen LogP contribution < -0.4 is 5.32 Å². The molecule has 3 aliphatic heterocycles. The van der Waals surface area contributed by atoms with Crippen molar-refractivity contribution in [3.63, 3.8) is 0 Å². The Bertz CT molecular complexity index is 582. The third kappa shape index (κ3) is 3.87. The van der Waals surface area contributed by atoms with Crippen molar-refractivity contribution >= 4 is 18.0 Å². The van der Waals surface area contributed by atoms with Gasteiger partial charge in [-0.2, -0.15) is 0 Å². The predicted octanol–water partition coefficient (Wildman–Crippen LogP) is 1.16. The summed E-state index contributed by atoms with van der Waals surface area (Å²) in [5.41, 5.74) is -0.524. The number of fused-ring (bicyclic) bond motifs is 2. The van der Waals surface area contributed by atoms with Crippen LogP contribution in [0.5, 0.6) is 0 Å². The summed E-state index contributed by atoms with van der Waals surface area (Å²) in [5, 5.41) is 13.5. The fourth-order valence-corrected chi connectivity index (χ4v) is 3.75. The van der Waals surface area contributed by atoms with Gasteiger partial charge in [-0.05, 0) is 46.5 Å². The van der Waals surface area contributed by atoms with E-state index < -0.39 is 17.7 Å². The number of hydrogen-bond donors (Lipinski definition) is 2. The van der Waals surface area contributed by atoms with Crippen molar-refractivity contribution in [2.75, 3.05) is 19.6 Å². The van der Waals surface area contributed by atoms with Crippen molar-refractivity contribution in [2.24, 2.45) is 0 Å². The molecule has 0 aromatic carbocycles. The van der Waals surface area contributed by atoms with Gasteiger partial charge in [-0.3, -0.25) is 10.0 Å². The van der Waals surface area contributed by atoms with Gasteiger partial charge in [-0.1, -0.05) is 0 Å². The fourth-order valence-electron chi connectivity index (χ4n) is 3.75. The fraction of sp³-hybridized carbons (Fsp3) is 0.824. The van der Waals surface area contributed by atoms with Gasteiger partial charge in [0.1, 0.15) is 11.6 Å². The monoisotopic (exact) mass is 368 g/mol. The maximum absolute atomic E-state index is 12.6. The van der Waals surface area contributed by atoms with E-state index >= 15 is 0 Å². The van der Waals surface area contributed by atoms with E-state index in [1.54, 1.807) is 4.90 Å². The Morgan fingerprint density at radius 1 is 1.15 bits per heavy atom. The minimum atomic E-state index is -0.528. The number of ether oxygens (including phenoxy) is 1. The Kier molecular flexibility index (Phi) is 5.01. The quantitative estimate of drug-likeness (QED) is 0.712. The van der Waals surface area contributed by atoms with Crippen LogP contribution >= 0.6 is 0 Å². The molecule has 0 aromatic heterocycles. The largest absolute Gasteiger partial charge is 0.444 e. The minimum absolute atomic E-state index is 0.0261. The van der Waals surface area contributed by atoms with Crippen molar-refractivity contribution in [1.29, 1.82) is 0 Å². The molecule has 0 saturated carbocycles. The second-order valence-corrected chi connectivity index (χ2v) is 8.28. The summed E-state index contributed by atoms with van der Waals surface area (Å²) >= 11 is 0. The highest BCUT2D eigenvalue weighted by molar-refractivity contribution is 5.88. The minimum Gasteiger partial charge on any atom is -0.444 e. The van der Waals surface area contributed by atoms with Gasteiger partial charge in [0.25, 0.3) is 0 Å². The third-order valence-electron chi connectivity index (χ3n) is 5.14. The van der Waals surface area contributed by atoms with Crippen molar-refractivity contribution in [3.8, 4) is 0 Å². The lowest BCUT2D eigenvalue weighted by Crippen LogP contribution is -2.54. The number of amides is 4. The van der Waals surface area contributed by atoms with Crippen LogP contribution in [0.2, 0.25) is 0 Å². The Morgan fingerprint density at radius 2 is 1.81 bits per heavy atom. The number of likely N-dealkylation sites (tertiary alicyclic amines) is 1. The highest BCUT2D eigenvalue weighted by atomic mass is 16.6. The molecular formula is C17H28N4O5. The molecule has 2 bridgehead atoms. The Morgan fingerprint density at radius 3 is 2.42 bits per heavy atom. The molecule has 0 spiro atoms. The van der Waals surface area contributed by atoms with Gasteiger partial charge in [0.15, 0.2) is 0 Å². The number of urea groups is 1. The molecule has 26 heavy (non-hydrogen) atoms. The second-order valence-electron chi connectivity index (χ2n) is 8.28. The zero-order chi connectivity index (χ0) is 19.1. The van der Waals surface area contributed by atoms with Gasteiger partial charge in [0, 0.05) is 25.7 Å².